The third-order valence-corrected chi connectivity index (χ3v) is 3.22. The van der Waals surface area contributed by atoms with E-state index in [4.69, 9.17) is 0 Å². The van der Waals surface area contributed by atoms with E-state index < -0.39 is 6.10 Å². The van der Waals surface area contributed by atoms with Crippen molar-refractivity contribution in [3.63, 3.8) is 0 Å². The minimum absolute atomic E-state index is 0.186. The van der Waals surface area contributed by atoms with Crippen LogP contribution in [0.1, 0.15) is 42.9 Å². The Bertz CT molecular complexity index is 332. The van der Waals surface area contributed by atoms with E-state index in [0.29, 0.717) is 0 Å². The molecule has 0 radical (unpaired) electrons. The maximum Gasteiger partial charge on any atom is 0.0957 e. The molecule has 1 saturated heterocycles. The lowest BCUT2D eigenvalue weighted by molar-refractivity contribution is 0.126. The molecule has 2 unspecified atom stereocenters. The van der Waals surface area contributed by atoms with Crippen molar-refractivity contribution in [2.75, 3.05) is 6.54 Å². The van der Waals surface area contributed by atoms with Gasteiger partial charge in [0.05, 0.1) is 6.10 Å². The first-order chi connectivity index (χ1) is 7.77. The summed E-state index contributed by atoms with van der Waals surface area (Å²) in [6.45, 7) is 3.02. The third kappa shape index (κ3) is 2.80. The van der Waals surface area contributed by atoms with Crippen molar-refractivity contribution in [1.82, 2.24) is 10.3 Å². The number of nitrogens with one attached hydrogen (secondary N) is 1. The Kier molecular flexibility index (Phi) is 3.91. The van der Waals surface area contributed by atoms with E-state index in [1.54, 1.807) is 6.20 Å². The van der Waals surface area contributed by atoms with E-state index in [9.17, 15) is 5.11 Å². The molecule has 1 aliphatic rings. The molecule has 1 fully saturated rings. The van der Waals surface area contributed by atoms with Crippen molar-refractivity contribution in [3.05, 3.63) is 29.6 Å². The molecule has 1 aliphatic heterocycles. The molecule has 2 N–H and O–H groups in total. The fourth-order valence-corrected chi connectivity index (χ4v) is 2.30. The summed E-state index contributed by atoms with van der Waals surface area (Å²) in [5, 5.41) is 13.7. The number of aliphatic hydroxyl groups is 1. The second-order valence-electron chi connectivity index (χ2n) is 4.65. The average Bonchev–Trinajstić information content (AvgIpc) is 2.56. The number of hydrogen-bond donors (Lipinski definition) is 2. The summed E-state index contributed by atoms with van der Waals surface area (Å²) in [4.78, 5) is 4.14. The van der Waals surface area contributed by atoms with Gasteiger partial charge in [-0.15, -0.1) is 0 Å². The van der Waals surface area contributed by atoms with Crippen molar-refractivity contribution in [1.29, 1.82) is 0 Å². The van der Waals surface area contributed by atoms with Crippen molar-refractivity contribution >= 4 is 0 Å². The Hall–Kier alpha value is -0.930. The zero-order chi connectivity index (χ0) is 11.4. The summed E-state index contributed by atoms with van der Waals surface area (Å²) in [5.41, 5.74) is 2.03. The van der Waals surface area contributed by atoms with Gasteiger partial charge in [-0.05, 0) is 31.9 Å². The van der Waals surface area contributed by atoms with E-state index in [1.807, 2.05) is 19.2 Å². The number of rotatable bonds is 2. The van der Waals surface area contributed by atoms with Crippen LogP contribution in [0.25, 0.3) is 0 Å². The van der Waals surface area contributed by atoms with Gasteiger partial charge in [0.25, 0.3) is 0 Å². The maximum atomic E-state index is 10.3. The number of aryl methyl sites for hydroxylation is 1. The Balaban J connectivity index is 2.07. The van der Waals surface area contributed by atoms with Gasteiger partial charge in [-0.1, -0.05) is 18.9 Å². The van der Waals surface area contributed by atoms with Crippen LogP contribution in [0, 0.1) is 6.92 Å². The lowest BCUT2D eigenvalue weighted by atomic mass is 9.99. The molecule has 1 aromatic heterocycles. The van der Waals surface area contributed by atoms with Crippen molar-refractivity contribution < 1.29 is 5.11 Å². The fraction of sp³-hybridized carbons (Fsp3) is 0.615. The lowest BCUT2D eigenvalue weighted by Crippen LogP contribution is -2.34. The normalized spacial score (nSPS) is 23.8. The van der Waals surface area contributed by atoms with Gasteiger partial charge in [0.1, 0.15) is 0 Å². The van der Waals surface area contributed by atoms with Gasteiger partial charge in [-0.3, -0.25) is 4.98 Å². The van der Waals surface area contributed by atoms with E-state index in [1.165, 1.54) is 19.3 Å². The van der Waals surface area contributed by atoms with Crippen LogP contribution >= 0.6 is 0 Å². The predicted molar refractivity (Wildman–Crippen MR) is 64.2 cm³/mol. The molecule has 0 amide bonds. The highest BCUT2D eigenvalue weighted by Gasteiger charge is 2.21. The number of hydrogen-bond acceptors (Lipinski definition) is 3. The first-order valence-corrected chi connectivity index (χ1v) is 6.10. The van der Waals surface area contributed by atoms with Gasteiger partial charge in [-0.2, -0.15) is 0 Å². The lowest BCUT2D eigenvalue weighted by Gasteiger charge is -2.22. The largest absolute Gasteiger partial charge is 0.387 e. The molecule has 0 saturated carbocycles. The van der Waals surface area contributed by atoms with Crippen LogP contribution in [-0.4, -0.2) is 22.7 Å². The Morgan fingerprint density at radius 2 is 2.25 bits per heavy atom. The molecule has 2 heterocycles. The highest BCUT2D eigenvalue weighted by molar-refractivity contribution is 5.20. The van der Waals surface area contributed by atoms with Crippen LogP contribution in [-0.2, 0) is 0 Å². The van der Waals surface area contributed by atoms with E-state index >= 15 is 0 Å². The third-order valence-electron chi connectivity index (χ3n) is 3.22. The van der Waals surface area contributed by atoms with Crippen molar-refractivity contribution in [3.8, 4) is 0 Å². The van der Waals surface area contributed by atoms with Crippen LogP contribution in [0.4, 0.5) is 0 Å². The zero-order valence-electron chi connectivity index (χ0n) is 9.82. The van der Waals surface area contributed by atoms with Crippen LogP contribution < -0.4 is 5.32 Å². The SMILES string of the molecule is Cc1cncc(C(O)C2CCCCCN2)c1. The first kappa shape index (κ1) is 11.6. The molecule has 2 atom stereocenters. The predicted octanol–water partition coefficient (Wildman–Crippen LogP) is 1.96. The Labute approximate surface area is 96.9 Å². The van der Waals surface area contributed by atoms with Crippen LogP contribution in [0.2, 0.25) is 0 Å². The van der Waals surface area contributed by atoms with E-state index in [2.05, 4.69) is 10.3 Å². The standard InChI is InChI=1S/C13H20N2O/c1-10-7-11(9-14-8-10)13(16)12-5-3-2-4-6-15-12/h7-9,12-13,15-16H,2-6H2,1H3. The quantitative estimate of drug-likeness (QED) is 0.800. The first-order valence-electron chi connectivity index (χ1n) is 6.10. The van der Waals surface area contributed by atoms with Gasteiger partial charge in [-0.25, -0.2) is 0 Å². The van der Waals surface area contributed by atoms with Crippen molar-refractivity contribution in [2.24, 2.45) is 0 Å². The molecular weight excluding hydrogens is 200 g/mol. The van der Waals surface area contributed by atoms with Gasteiger partial charge >= 0.3 is 0 Å². The summed E-state index contributed by atoms with van der Waals surface area (Å²) < 4.78 is 0. The summed E-state index contributed by atoms with van der Waals surface area (Å²) in [6.07, 6.45) is 7.90. The average molecular weight is 220 g/mol. The minimum Gasteiger partial charge on any atom is -0.387 e. The van der Waals surface area contributed by atoms with Crippen molar-refractivity contribution in [2.45, 2.75) is 44.8 Å². The minimum atomic E-state index is -0.425. The zero-order valence-corrected chi connectivity index (χ0v) is 9.82. The topological polar surface area (TPSA) is 45.2 Å². The summed E-state index contributed by atoms with van der Waals surface area (Å²) >= 11 is 0. The highest BCUT2D eigenvalue weighted by atomic mass is 16.3. The van der Waals surface area contributed by atoms with E-state index in [0.717, 1.165) is 24.1 Å². The van der Waals surface area contributed by atoms with E-state index in [-0.39, 0.29) is 6.04 Å². The number of aliphatic hydroxyl groups excluding tert-OH is 1. The second kappa shape index (κ2) is 5.41. The summed E-state index contributed by atoms with van der Waals surface area (Å²) in [5.74, 6) is 0. The van der Waals surface area contributed by atoms with Gasteiger partial charge in [0.2, 0.25) is 0 Å². The number of nitrogens with zero attached hydrogens (tertiary/aromatic N) is 1. The molecule has 0 spiro atoms. The van der Waals surface area contributed by atoms with Crippen LogP contribution in [0.5, 0.6) is 0 Å². The molecule has 0 aliphatic carbocycles. The molecule has 2 rings (SSSR count). The molecule has 0 bridgehead atoms. The highest BCUT2D eigenvalue weighted by Crippen LogP contribution is 2.22. The molecular formula is C13H20N2O. The molecule has 16 heavy (non-hydrogen) atoms. The monoisotopic (exact) mass is 220 g/mol. The number of pyridine rings is 1. The molecule has 3 heteroatoms. The molecule has 88 valence electrons. The fourth-order valence-electron chi connectivity index (χ4n) is 2.30. The molecule has 0 aromatic carbocycles. The Morgan fingerprint density at radius 1 is 1.38 bits per heavy atom. The van der Waals surface area contributed by atoms with Gasteiger partial charge in [0, 0.05) is 24.0 Å². The van der Waals surface area contributed by atoms with Crippen LogP contribution in [0.3, 0.4) is 0 Å². The summed E-state index contributed by atoms with van der Waals surface area (Å²) in [7, 11) is 0. The molecule has 3 nitrogen and oxygen atoms in total. The van der Waals surface area contributed by atoms with Gasteiger partial charge < -0.3 is 10.4 Å². The Morgan fingerprint density at radius 3 is 3.06 bits per heavy atom. The number of aromatic nitrogens is 1. The van der Waals surface area contributed by atoms with Crippen LogP contribution in [0.15, 0.2) is 18.5 Å². The van der Waals surface area contributed by atoms with Gasteiger partial charge in [0.15, 0.2) is 0 Å². The summed E-state index contributed by atoms with van der Waals surface area (Å²) in [6, 6.07) is 2.20. The maximum absolute atomic E-state index is 10.3. The molecule has 1 aromatic rings. The smallest absolute Gasteiger partial charge is 0.0957 e. The second-order valence-corrected chi connectivity index (χ2v) is 4.65.